The Morgan fingerprint density at radius 1 is 1.04 bits per heavy atom. The Kier molecular flexibility index (Phi) is 6.08. The van der Waals surface area contributed by atoms with E-state index < -0.39 is 16.1 Å². The topological polar surface area (TPSA) is 57.7 Å². The lowest BCUT2D eigenvalue weighted by molar-refractivity contribution is -0.131. The number of rotatable bonds is 6. The maximum atomic E-state index is 12.9. The molecule has 26 heavy (non-hydrogen) atoms. The van der Waals surface area contributed by atoms with E-state index in [0.29, 0.717) is 12.2 Å². The zero-order valence-electron chi connectivity index (χ0n) is 15.9. The third kappa shape index (κ3) is 4.64. The van der Waals surface area contributed by atoms with Crippen LogP contribution in [0.2, 0.25) is 0 Å². The molecule has 0 aliphatic heterocycles. The highest BCUT2D eigenvalue weighted by Gasteiger charge is 2.31. The average Bonchev–Trinajstić information content (AvgIpc) is 2.57. The lowest BCUT2D eigenvalue weighted by Crippen LogP contribution is -2.48. The van der Waals surface area contributed by atoms with Crippen LogP contribution in [0, 0.1) is 13.8 Å². The van der Waals surface area contributed by atoms with Crippen LogP contribution in [-0.4, -0.2) is 38.6 Å². The molecule has 2 aromatic carbocycles. The second-order valence-corrected chi connectivity index (χ2v) is 8.54. The molecular weight excluding hydrogens is 348 g/mol. The number of hydrogen-bond acceptors (Lipinski definition) is 3. The Morgan fingerprint density at radius 2 is 1.65 bits per heavy atom. The number of benzene rings is 2. The molecule has 0 bridgehead atoms. The van der Waals surface area contributed by atoms with E-state index in [0.717, 1.165) is 22.9 Å². The van der Waals surface area contributed by atoms with E-state index >= 15 is 0 Å². The zero-order chi connectivity index (χ0) is 19.5. The first-order valence-corrected chi connectivity index (χ1v) is 10.3. The van der Waals surface area contributed by atoms with Crippen molar-refractivity contribution >= 4 is 21.6 Å². The monoisotopic (exact) mass is 374 g/mol. The van der Waals surface area contributed by atoms with Crippen molar-refractivity contribution in [2.75, 3.05) is 17.6 Å². The summed E-state index contributed by atoms with van der Waals surface area (Å²) in [6, 6.07) is 14.2. The summed E-state index contributed by atoms with van der Waals surface area (Å²) in [6.45, 7) is 5.94. The van der Waals surface area contributed by atoms with Gasteiger partial charge in [0.05, 0.1) is 11.9 Å². The average molecular weight is 375 g/mol. The van der Waals surface area contributed by atoms with Gasteiger partial charge in [-0.15, -0.1) is 0 Å². The molecule has 0 aromatic heterocycles. The summed E-state index contributed by atoms with van der Waals surface area (Å²) in [5, 5.41) is 0. The van der Waals surface area contributed by atoms with Gasteiger partial charge in [0.25, 0.3) is 0 Å². The van der Waals surface area contributed by atoms with Crippen LogP contribution in [0.1, 0.15) is 23.6 Å². The van der Waals surface area contributed by atoms with Gasteiger partial charge in [0, 0.05) is 13.6 Å². The molecule has 2 rings (SSSR count). The van der Waals surface area contributed by atoms with Crippen LogP contribution in [0.3, 0.4) is 0 Å². The van der Waals surface area contributed by atoms with Crippen LogP contribution >= 0.6 is 0 Å². The van der Waals surface area contributed by atoms with E-state index in [1.807, 2.05) is 50.2 Å². The highest BCUT2D eigenvalue weighted by atomic mass is 32.2. The van der Waals surface area contributed by atoms with E-state index in [1.54, 1.807) is 31.0 Å². The molecule has 0 fully saturated rings. The van der Waals surface area contributed by atoms with E-state index in [2.05, 4.69) is 0 Å². The van der Waals surface area contributed by atoms with Crippen molar-refractivity contribution in [3.8, 4) is 0 Å². The fourth-order valence-electron chi connectivity index (χ4n) is 2.92. The van der Waals surface area contributed by atoms with Crippen LogP contribution in [-0.2, 0) is 21.4 Å². The number of carbonyl (C=O) groups excluding carboxylic acids is 1. The SMILES string of the molecule is Cc1ccc(N([C@H](C)C(=O)N(C)Cc2ccccc2)S(C)(=O)=O)cc1C. The zero-order valence-corrected chi connectivity index (χ0v) is 16.7. The molecule has 0 radical (unpaired) electrons. The fourth-order valence-corrected chi connectivity index (χ4v) is 4.08. The lowest BCUT2D eigenvalue weighted by Gasteiger charge is -2.31. The third-order valence-electron chi connectivity index (χ3n) is 4.45. The van der Waals surface area contributed by atoms with Gasteiger partial charge in [-0.25, -0.2) is 8.42 Å². The first-order valence-electron chi connectivity index (χ1n) is 8.47. The molecule has 0 aliphatic carbocycles. The molecule has 0 saturated carbocycles. The van der Waals surface area contributed by atoms with Crippen LogP contribution in [0.25, 0.3) is 0 Å². The Hall–Kier alpha value is -2.34. The Bertz CT molecular complexity index is 879. The van der Waals surface area contributed by atoms with Crippen LogP contribution in [0.5, 0.6) is 0 Å². The molecule has 1 atom stereocenters. The van der Waals surface area contributed by atoms with Crippen LogP contribution in [0.15, 0.2) is 48.5 Å². The van der Waals surface area contributed by atoms with Crippen molar-refractivity contribution in [3.05, 3.63) is 65.2 Å². The summed E-state index contributed by atoms with van der Waals surface area (Å²) in [5.74, 6) is -0.252. The Balaban J connectivity index is 2.30. The summed E-state index contributed by atoms with van der Waals surface area (Å²) >= 11 is 0. The summed E-state index contributed by atoms with van der Waals surface area (Å²) in [5.41, 5.74) is 3.55. The maximum Gasteiger partial charge on any atom is 0.246 e. The third-order valence-corrected chi connectivity index (χ3v) is 5.69. The summed E-state index contributed by atoms with van der Waals surface area (Å²) in [4.78, 5) is 14.4. The van der Waals surface area contributed by atoms with Gasteiger partial charge < -0.3 is 4.90 Å². The van der Waals surface area contributed by atoms with Gasteiger partial charge in [-0.1, -0.05) is 36.4 Å². The van der Waals surface area contributed by atoms with E-state index in [-0.39, 0.29) is 5.91 Å². The number of aryl methyl sites for hydroxylation is 2. The number of hydrogen-bond donors (Lipinski definition) is 0. The first kappa shape index (κ1) is 20.0. The summed E-state index contributed by atoms with van der Waals surface area (Å²) in [7, 11) is -1.93. The quantitative estimate of drug-likeness (QED) is 0.781. The highest BCUT2D eigenvalue weighted by Crippen LogP contribution is 2.24. The van der Waals surface area contributed by atoms with Gasteiger partial charge in [0.15, 0.2) is 0 Å². The summed E-state index contributed by atoms with van der Waals surface area (Å²) < 4.78 is 26.0. The molecule has 0 heterocycles. The molecule has 2 aromatic rings. The molecule has 1 amide bonds. The molecule has 0 unspecified atom stereocenters. The van der Waals surface area contributed by atoms with E-state index in [1.165, 1.54) is 4.31 Å². The standard InChI is InChI=1S/C20H26N2O3S/c1-15-11-12-19(13-16(15)2)22(26(5,24)25)17(3)20(23)21(4)14-18-9-7-6-8-10-18/h6-13,17H,14H2,1-5H3/t17-/m1/s1. The molecule has 140 valence electrons. The molecule has 0 saturated heterocycles. The minimum absolute atomic E-state index is 0.252. The van der Waals surface area contributed by atoms with Crippen molar-refractivity contribution in [3.63, 3.8) is 0 Å². The maximum absolute atomic E-state index is 12.9. The van der Waals surface area contributed by atoms with Crippen molar-refractivity contribution < 1.29 is 13.2 Å². The van der Waals surface area contributed by atoms with E-state index in [4.69, 9.17) is 0 Å². The first-order chi connectivity index (χ1) is 12.1. The van der Waals surface area contributed by atoms with Gasteiger partial charge in [-0.05, 0) is 49.6 Å². The lowest BCUT2D eigenvalue weighted by atomic mass is 10.1. The smallest absolute Gasteiger partial charge is 0.246 e. The van der Waals surface area contributed by atoms with Gasteiger partial charge in [-0.2, -0.15) is 0 Å². The van der Waals surface area contributed by atoms with Gasteiger partial charge in [0.2, 0.25) is 15.9 Å². The van der Waals surface area contributed by atoms with Crippen molar-refractivity contribution in [2.24, 2.45) is 0 Å². The molecule has 6 heteroatoms. The van der Waals surface area contributed by atoms with Gasteiger partial charge in [0.1, 0.15) is 6.04 Å². The second-order valence-electron chi connectivity index (χ2n) is 6.68. The largest absolute Gasteiger partial charge is 0.340 e. The number of nitrogens with zero attached hydrogens (tertiary/aromatic N) is 2. The number of likely N-dealkylation sites (N-methyl/N-ethyl adjacent to an activating group) is 1. The van der Waals surface area contributed by atoms with Crippen molar-refractivity contribution in [1.29, 1.82) is 0 Å². The van der Waals surface area contributed by atoms with Crippen LogP contribution < -0.4 is 4.31 Å². The van der Waals surface area contributed by atoms with Crippen LogP contribution in [0.4, 0.5) is 5.69 Å². The van der Waals surface area contributed by atoms with Crippen molar-refractivity contribution in [2.45, 2.75) is 33.4 Å². The predicted molar refractivity (Wildman–Crippen MR) is 106 cm³/mol. The fraction of sp³-hybridized carbons (Fsp3) is 0.350. The minimum Gasteiger partial charge on any atom is -0.340 e. The van der Waals surface area contributed by atoms with E-state index in [9.17, 15) is 13.2 Å². The highest BCUT2D eigenvalue weighted by molar-refractivity contribution is 7.92. The number of amides is 1. The van der Waals surface area contributed by atoms with Crippen molar-refractivity contribution in [1.82, 2.24) is 4.90 Å². The normalized spacial score (nSPS) is 12.5. The Morgan fingerprint density at radius 3 is 2.19 bits per heavy atom. The molecule has 0 aliphatic rings. The van der Waals surface area contributed by atoms with Gasteiger partial charge in [-0.3, -0.25) is 9.10 Å². The molecule has 0 spiro atoms. The predicted octanol–water partition coefficient (Wildman–Crippen LogP) is 3.12. The Labute approximate surface area is 156 Å². The molecule has 5 nitrogen and oxygen atoms in total. The number of carbonyl (C=O) groups is 1. The number of anilines is 1. The summed E-state index contributed by atoms with van der Waals surface area (Å²) in [6.07, 6.45) is 1.13. The minimum atomic E-state index is -3.61. The second kappa shape index (κ2) is 7.91. The molecule has 0 N–H and O–H groups in total. The molecular formula is C20H26N2O3S. The van der Waals surface area contributed by atoms with Gasteiger partial charge >= 0.3 is 0 Å². The number of sulfonamides is 1.